The van der Waals surface area contributed by atoms with Crippen molar-refractivity contribution in [2.45, 2.75) is 12.5 Å². The van der Waals surface area contributed by atoms with Gasteiger partial charge in [0.05, 0.1) is 12.7 Å². The van der Waals surface area contributed by atoms with E-state index in [0.29, 0.717) is 19.6 Å². The average Bonchev–Trinajstić information content (AvgIpc) is 2.21. The largest absolute Gasteiger partial charge is 0.372 e. The molecule has 15 heavy (non-hydrogen) atoms. The molecule has 0 unspecified atom stereocenters. The number of benzene rings is 1. The van der Waals surface area contributed by atoms with Crippen molar-refractivity contribution in [1.29, 1.82) is 0 Å². The molecular formula is C11H13F2NO. The van der Waals surface area contributed by atoms with Crippen molar-refractivity contribution in [3.05, 3.63) is 34.9 Å². The van der Waals surface area contributed by atoms with Gasteiger partial charge in [0.15, 0.2) is 11.6 Å². The van der Waals surface area contributed by atoms with Crippen LogP contribution in [-0.2, 0) is 11.2 Å². The monoisotopic (exact) mass is 213 g/mol. The molecule has 1 atom stereocenters. The van der Waals surface area contributed by atoms with E-state index < -0.39 is 11.6 Å². The van der Waals surface area contributed by atoms with Crippen molar-refractivity contribution in [2.75, 3.05) is 20.2 Å². The van der Waals surface area contributed by atoms with Crippen LogP contribution >= 0.6 is 0 Å². The van der Waals surface area contributed by atoms with Gasteiger partial charge >= 0.3 is 0 Å². The second-order valence-electron chi connectivity index (χ2n) is 3.63. The molecule has 0 bridgehead atoms. The van der Waals surface area contributed by atoms with Crippen molar-refractivity contribution in [1.82, 2.24) is 5.32 Å². The topological polar surface area (TPSA) is 21.3 Å². The molecule has 1 heterocycles. The van der Waals surface area contributed by atoms with Gasteiger partial charge in [-0.25, -0.2) is 8.78 Å². The smallest absolute Gasteiger partial charge is 0.159 e. The third-order valence-electron chi connectivity index (χ3n) is 2.61. The highest BCUT2D eigenvalue weighted by atomic mass is 19.2. The first-order chi connectivity index (χ1) is 7.22. The van der Waals surface area contributed by atoms with Crippen LogP contribution in [-0.4, -0.2) is 20.2 Å². The van der Waals surface area contributed by atoms with Crippen molar-refractivity contribution in [2.24, 2.45) is 0 Å². The Balaban J connectivity index is 2.38. The van der Waals surface area contributed by atoms with Gasteiger partial charge in [-0.3, -0.25) is 0 Å². The Morgan fingerprint density at radius 1 is 1.40 bits per heavy atom. The van der Waals surface area contributed by atoms with E-state index in [1.54, 1.807) is 7.05 Å². The summed E-state index contributed by atoms with van der Waals surface area (Å²) >= 11 is 0. The van der Waals surface area contributed by atoms with Crippen LogP contribution in [0.1, 0.15) is 17.2 Å². The van der Waals surface area contributed by atoms with Crippen LogP contribution in [0.4, 0.5) is 8.78 Å². The van der Waals surface area contributed by atoms with Crippen LogP contribution in [0.5, 0.6) is 0 Å². The van der Waals surface area contributed by atoms with E-state index >= 15 is 0 Å². The minimum atomic E-state index is -0.805. The fourth-order valence-corrected chi connectivity index (χ4v) is 1.87. The predicted molar refractivity (Wildman–Crippen MR) is 52.7 cm³/mol. The number of hydrogen-bond acceptors (Lipinski definition) is 2. The van der Waals surface area contributed by atoms with Crippen molar-refractivity contribution in [3.8, 4) is 0 Å². The molecule has 1 aliphatic heterocycles. The Hall–Kier alpha value is -1.00. The summed E-state index contributed by atoms with van der Waals surface area (Å²) in [6.45, 7) is 1.17. The van der Waals surface area contributed by atoms with Gasteiger partial charge in [0.25, 0.3) is 0 Å². The summed E-state index contributed by atoms with van der Waals surface area (Å²) in [6.07, 6.45) is 0.473. The molecule has 1 aromatic rings. The highest BCUT2D eigenvalue weighted by Gasteiger charge is 2.22. The third-order valence-corrected chi connectivity index (χ3v) is 2.61. The maximum Gasteiger partial charge on any atom is 0.159 e. The van der Waals surface area contributed by atoms with Crippen molar-refractivity contribution >= 4 is 0 Å². The molecule has 0 radical (unpaired) electrons. The maximum atomic E-state index is 13.1. The highest BCUT2D eigenvalue weighted by Crippen LogP contribution is 2.28. The lowest BCUT2D eigenvalue weighted by molar-refractivity contribution is 0.0434. The van der Waals surface area contributed by atoms with Gasteiger partial charge in [-0.15, -0.1) is 0 Å². The van der Waals surface area contributed by atoms with Crippen molar-refractivity contribution < 1.29 is 13.5 Å². The number of hydrogen-bond donors (Lipinski definition) is 1. The summed E-state index contributed by atoms with van der Waals surface area (Å²) < 4.78 is 31.5. The molecule has 0 saturated heterocycles. The first-order valence-corrected chi connectivity index (χ1v) is 4.96. The van der Waals surface area contributed by atoms with E-state index in [9.17, 15) is 8.78 Å². The van der Waals surface area contributed by atoms with E-state index in [-0.39, 0.29) is 6.10 Å². The number of fused-ring (bicyclic) bond motifs is 1. The Labute approximate surface area is 87.2 Å². The zero-order chi connectivity index (χ0) is 10.8. The van der Waals surface area contributed by atoms with Crippen LogP contribution in [0.2, 0.25) is 0 Å². The second kappa shape index (κ2) is 4.24. The summed E-state index contributed by atoms with van der Waals surface area (Å²) in [5.41, 5.74) is 1.61. The number of ether oxygens (including phenoxy) is 1. The Bertz CT molecular complexity index is 368. The number of nitrogens with one attached hydrogen (secondary N) is 1. The lowest BCUT2D eigenvalue weighted by Crippen LogP contribution is -2.25. The Kier molecular flexibility index (Phi) is 2.98. The van der Waals surface area contributed by atoms with Crippen LogP contribution < -0.4 is 5.32 Å². The van der Waals surface area contributed by atoms with E-state index in [1.165, 1.54) is 12.1 Å². The molecule has 1 N–H and O–H groups in total. The molecule has 2 rings (SSSR count). The highest BCUT2D eigenvalue weighted by molar-refractivity contribution is 5.32. The summed E-state index contributed by atoms with van der Waals surface area (Å²) in [5.74, 6) is -1.58. The zero-order valence-electron chi connectivity index (χ0n) is 8.52. The van der Waals surface area contributed by atoms with E-state index in [1.807, 2.05) is 0 Å². The summed E-state index contributed by atoms with van der Waals surface area (Å²) in [4.78, 5) is 0. The summed E-state index contributed by atoms with van der Waals surface area (Å²) in [7, 11) is 1.80. The molecule has 2 nitrogen and oxygen atoms in total. The summed E-state index contributed by atoms with van der Waals surface area (Å²) in [6, 6.07) is 2.52. The fourth-order valence-electron chi connectivity index (χ4n) is 1.87. The van der Waals surface area contributed by atoms with E-state index in [4.69, 9.17) is 4.74 Å². The van der Waals surface area contributed by atoms with Gasteiger partial charge < -0.3 is 10.1 Å². The van der Waals surface area contributed by atoms with Crippen LogP contribution in [0.3, 0.4) is 0 Å². The Morgan fingerprint density at radius 3 is 2.87 bits per heavy atom. The van der Waals surface area contributed by atoms with Crippen LogP contribution in [0.25, 0.3) is 0 Å². The second-order valence-corrected chi connectivity index (χ2v) is 3.63. The third kappa shape index (κ3) is 2.01. The standard InChI is InChI=1S/C11H13F2NO/c1-14-6-11-8-5-10(13)9(12)4-7(8)2-3-15-11/h4-5,11,14H,2-3,6H2,1H3/t11-/m0/s1. The molecule has 0 spiro atoms. The maximum absolute atomic E-state index is 13.1. The number of rotatable bonds is 2. The molecule has 0 aliphatic carbocycles. The Morgan fingerprint density at radius 2 is 2.13 bits per heavy atom. The molecular weight excluding hydrogens is 200 g/mol. The lowest BCUT2D eigenvalue weighted by Gasteiger charge is -2.26. The minimum absolute atomic E-state index is 0.172. The molecule has 1 aliphatic rings. The van der Waals surface area contributed by atoms with Gasteiger partial charge in [-0.1, -0.05) is 0 Å². The van der Waals surface area contributed by atoms with Gasteiger partial charge in [-0.05, 0) is 36.7 Å². The molecule has 0 aromatic heterocycles. The van der Waals surface area contributed by atoms with Crippen molar-refractivity contribution in [3.63, 3.8) is 0 Å². The van der Waals surface area contributed by atoms with E-state index in [2.05, 4.69) is 5.32 Å². The molecule has 0 amide bonds. The van der Waals surface area contributed by atoms with Gasteiger partial charge in [0.1, 0.15) is 0 Å². The summed E-state index contributed by atoms with van der Waals surface area (Å²) in [5, 5.41) is 2.97. The lowest BCUT2D eigenvalue weighted by atomic mass is 9.97. The molecule has 0 fully saturated rings. The SMILES string of the molecule is CNC[C@@H]1OCCc2cc(F)c(F)cc21. The van der Waals surface area contributed by atoms with Crippen LogP contribution in [0.15, 0.2) is 12.1 Å². The fraction of sp³-hybridized carbons (Fsp3) is 0.455. The van der Waals surface area contributed by atoms with Crippen LogP contribution in [0, 0.1) is 11.6 Å². The normalized spacial score (nSPS) is 20.1. The molecule has 1 aromatic carbocycles. The predicted octanol–water partition coefficient (Wildman–Crippen LogP) is 1.80. The number of likely N-dealkylation sites (N-methyl/N-ethyl adjacent to an activating group) is 1. The van der Waals surface area contributed by atoms with E-state index in [0.717, 1.165) is 11.1 Å². The molecule has 4 heteroatoms. The zero-order valence-corrected chi connectivity index (χ0v) is 8.52. The first kappa shape index (κ1) is 10.5. The minimum Gasteiger partial charge on any atom is -0.372 e. The average molecular weight is 213 g/mol. The number of halogens is 2. The molecule has 0 saturated carbocycles. The molecule has 82 valence electrons. The quantitative estimate of drug-likeness (QED) is 0.808. The van der Waals surface area contributed by atoms with Gasteiger partial charge in [0, 0.05) is 6.54 Å². The van der Waals surface area contributed by atoms with Gasteiger partial charge in [-0.2, -0.15) is 0 Å². The first-order valence-electron chi connectivity index (χ1n) is 4.96. The van der Waals surface area contributed by atoms with Gasteiger partial charge in [0.2, 0.25) is 0 Å².